The van der Waals surface area contributed by atoms with Crippen molar-refractivity contribution < 1.29 is 0 Å². The van der Waals surface area contributed by atoms with Gasteiger partial charge in [-0.25, -0.2) is 0 Å². The molecule has 2 aromatic carbocycles. The molecule has 1 unspecified atom stereocenters. The predicted octanol–water partition coefficient (Wildman–Crippen LogP) is 6.60. The highest BCUT2D eigenvalue weighted by molar-refractivity contribution is 5.33. The highest BCUT2D eigenvalue weighted by Gasteiger charge is 2.50. The fourth-order valence-electron chi connectivity index (χ4n) is 6.80. The predicted molar refractivity (Wildman–Crippen MR) is 105 cm³/mol. The Kier molecular flexibility index (Phi) is 3.77. The lowest BCUT2D eigenvalue weighted by molar-refractivity contribution is -0.0521. The van der Waals surface area contributed by atoms with Gasteiger partial charge < -0.3 is 0 Å². The standard InChI is InChI=1S/C25H30/c1-18(23-5-3-2-4-6-23)24-9-7-19(8-10-24)14-25-15-20-11-21(16-25)13-22(12-20)17-25/h2-10,18,20-22H,11-17H2,1H3. The van der Waals surface area contributed by atoms with Crippen LogP contribution in [0, 0.1) is 23.2 Å². The molecule has 0 saturated heterocycles. The summed E-state index contributed by atoms with van der Waals surface area (Å²) in [6.45, 7) is 2.32. The number of hydrogen-bond donors (Lipinski definition) is 0. The van der Waals surface area contributed by atoms with Crippen LogP contribution in [0.1, 0.15) is 68.1 Å². The maximum Gasteiger partial charge on any atom is 0.00610 e. The van der Waals surface area contributed by atoms with E-state index in [1.165, 1.54) is 36.8 Å². The summed E-state index contributed by atoms with van der Waals surface area (Å²) in [5.74, 6) is 3.66. The number of rotatable bonds is 4. The second-order valence-electron chi connectivity index (χ2n) is 9.47. The molecule has 0 heteroatoms. The Morgan fingerprint density at radius 1 is 0.760 bits per heavy atom. The van der Waals surface area contributed by atoms with Crippen LogP contribution in [0.15, 0.2) is 54.6 Å². The molecule has 2 aromatic rings. The van der Waals surface area contributed by atoms with Crippen LogP contribution in [-0.4, -0.2) is 0 Å². The van der Waals surface area contributed by atoms with Crippen molar-refractivity contribution in [1.82, 2.24) is 0 Å². The lowest BCUT2D eigenvalue weighted by Crippen LogP contribution is -2.47. The summed E-state index contributed by atoms with van der Waals surface area (Å²) in [5.41, 5.74) is 5.09. The first-order valence-electron chi connectivity index (χ1n) is 10.3. The van der Waals surface area contributed by atoms with E-state index in [1.807, 2.05) is 0 Å². The highest BCUT2D eigenvalue weighted by atomic mass is 14.6. The molecule has 0 N–H and O–H groups in total. The molecule has 1 atom stereocenters. The first-order valence-corrected chi connectivity index (χ1v) is 10.3. The Labute approximate surface area is 152 Å². The fraction of sp³-hybridized carbons (Fsp3) is 0.520. The van der Waals surface area contributed by atoms with Gasteiger partial charge in [0.25, 0.3) is 0 Å². The zero-order chi connectivity index (χ0) is 16.9. The minimum atomic E-state index is 0.481. The van der Waals surface area contributed by atoms with Crippen molar-refractivity contribution in [3.8, 4) is 0 Å². The molecule has 130 valence electrons. The Hall–Kier alpha value is -1.56. The topological polar surface area (TPSA) is 0 Å². The van der Waals surface area contributed by atoms with Gasteiger partial charge in [-0.05, 0) is 84.8 Å². The SMILES string of the molecule is CC(c1ccccc1)c1ccc(CC23CC4CC(CC(C4)C2)C3)cc1. The van der Waals surface area contributed by atoms with E-state index in [1.54, 1.807) is 24.8 Å². The van der Waals surface area contributed by atoms with Gasteiger partial charge in [-0.15, -0.1) is 0 Å². The van der Waals surface area contributed by atoms with Gasteiger partial charge in [0.2, 0.25) is 0 Å². The third kappa shape index (κ3) is 2.94. The molecule has 0 heterocycles. The lowest BCUT2D eigenvalue weighted by atomic mass is 9.48. The van der Waals surface area contributed by atoms with Crippen molar-refractivity contribution in [1.29, 1.82) is 0 Å². The Bertz CT molecular complexity index is 689. The van der Waals surface area contributed by atoms with Crippen molar-refractivity contribution in [3.63, 3.8) is 0 Å². The van der Waals surface area contributed by atoms with E-state index < -0.39 is 0 Å². The monoisotopic (exact) mass is 330 g/mol. The molecular formula is C25H30. The van der Waals surface area contributed by atoms with Crippen LogP contribution in [-0.2, 0) is 6.42 Å². The third-order valence-corrected chi connectivity index (χ3v) is 7.52. The van der Waals surface area contributed by atoms with E-state index in [-0.39, 0.29) is 0 Å². The maximum absolute atomic E-state index is 2.42. The molecule has 0 aromatic heterocycles. The van der Waals surface area contributed by atoms with Crippen molar-refractivity contribution in [3.05, 3.63) is 71.3 Å². The van der Waals surface area contributed by atoms with E-state index in [2.05, 4.69) is 61.5 Å². The van der Waals surface area contributed by atoms with Crippen LogP contribution < -0.4 is 0 Å². The average molecular weight is 331 g/mol. The largest absolute Gasteiger partial charge is 0.0622 e. The van der Waals surface area contributed by atoms with E-state index in [0.717, 1.165) is 17.8 Å². The first-order chi connectivity index (χ1) is 12.2. The summed E-state index contributed by atoms with van der Waals surface area (Å²) in [4.78, 5) is 0. The summed E-state index contributed by atoms with van der Waals surface area (Å²) in [5, 5.41) is 0. The first kappa shape index (κ1) is 15.7. The van der Waals surface area contributed by atoms with Crippen molar-refractivity contribution in [2.45, 2.75) is 57.8 Å². The molecule has 4 bridgehead atoms. The lowest BCUT2D eigenvalue weighted by Gasteiger charge is -2.57. The zero-order valence-electron chi connectivity index (χ0n) is 15.5. The number of hydrogen-bond acceptors (Lipinski definition) is 0. The molecule has 4 saturated carbocycles. The molecule has 0 nitrogen and oxygen atoms in total. The second kappa shape index (κ2) is 6.01. The van der Waals surface area contributed by atoms with Crippen molar-refractivity contribution in [2.24, 2.45) is 23.2 Å². The average Bonchev–Trinajstić information content (AvgIpc) is 2.61. The van der Waals surface area contributed by atoms with Gasteiger partial charge in [0, 0.05) is 5.92 Å². The van der Waals surface area contributed by atoms with E-state index >= 15 is 0 Å². The summed E-state index contributed by atoms with van der Waals surface area (Å²) in [6.07, 6.45) is 10.5. The van der Waals surface area contributed by atoms with Gasteiger partial charge in [0.05, 0.1) is 0 Å². The molecule has 4 fully saturated rings. The molecule has 0 amide bonds. The Balaban J connectivity index is 1.33. The van der Waals surface area contributed by atoms with E-state index in [4.69, 9.17) is 0 Å². The molecule has 0 spiro atoms. The molecule has 25 heavy (non-hydrogen) atoms. The smallest absolute Gasteiger partial charge is 0.00610 e. The third-order valence-electron chi connectivity index (χ3n) is 7.52. The van der Waals surface area contributed by atoms with Crippen LogP contribution in [0.2, 0.25) is 0 Å². The maximum atomic E-state index is 2.42. The summed E-state index contributed by atoms with van der Waals surface area (Å²) in [7, 11) is 0. The van der Waals surface area contributed by atoms with Gasteiger partial charge in [0.1, 0.15) is 0 Å². The quantitative estimate of drug-likeness (QED) is 0.592. The van der Waals surface area contributed by atoms with E-state index in [0.29, 0.717) is 11.3 Å². The van der Waals surface area contributed by atoms with Crippen LogP contribution in [0.25, 0.3) is 0 Å². The molecule has 0 aliphatic heterocycles. The zero-order valence-corrected chi connectivity index (χ0v) is 15.5. The Morgan fingerprint density at radius 2 is 1.28 bits per heavy atom. The normalized spacial score (nSPS) is 34.2. The molecule has 0 radical (unpaired) electrons. The molecular weight excluding hydrogens is 300 g/mol. The van der Waals surface area contributed by atoms with Crippen LogP contribution in [0.3, 0.4) is 0 Å². The van der Waals surface area contributed by atoms with Crippen LogP contribution in [0.4, 0.5) is 0 Å². The Morgan fingerprint density at radius 3 is 1.84 bits per heavy atom. The van der Waals surface area contributed by atoms with Gasteiger partial charge in [0.15, 0.2) is 0 Å². The van der Waals surface area contributed by atoms with Crippen LogP contribution >= 0.6 is 0 Å². The van der Waals surface area contributed by atoms with Crippen molar-refractivity contribution in [2.75, 3.05) is 0 Å². The summed E-state index contributed by atoms with van der Waals surface area (Å²) >= 11 is 0. The van der Waals surface area contributed by atoms with Crippen molar-refractivity contribution >= 4 is 0 Å². The van der Waals surface area contributed by atoms with Crippen LogP contribution in [0.5, 0.6) is 0 Å². The fourth-order valence-corrected chi connectivity index (χ4v) is 6.80. The van der Waals surface area contributed by atoms with Gasteiger partial charge in [-0.1, -0.05) is 61.5 Å². The molecule has 6 rings (SSSR count). The second-order valence-corrected chi connectivity index (χ2v) is 9.47. The summed E-state index contributed by atoms with van der Waals surface area (Å²) in [6, 6.07) is 20.5. The van der Waals surface area contributed by atoms with Gasteiger partial charge in [-0.2, -0.15) is 0 Å². The minimum Gasteiger partial charge on any atom is -0.0622 e. The highest BCUT2D eigenvalue weighted by Crippen LogP contribution is 2.61. The summed E-state index contributed by atoms with van der Waals surface area (Å²) < 4.78 is 0. The minimum absolute atomic E-state index is 0.481. The molecule has 4 aliphatic rings. The van der Waals surface area contributed by atoms with E-state index in [9.17, 15) is 0 Å². The number of benzene rings is 2. The van der Waals surface area contributed by atoms with Gasteiger partial charge >= 0.3 is 0 Å². The van der Waals surface area contributed by atoms with Gasteiger partial charge in [-0.3, -0.25) is 0 Å². The molecule has 4 aliphatic carbocycles.